The molecule has 2 aliphatic heterocycles. The third-order valence-corrected chi connectivity index (χ3v) is 4.99. The van der Waals surface area contributed by atoms with Crippen LogP contribution in [0.15, 0.2) is 34.9 Å². The Morgan fingerprint density at radius 1 is 1.36 bits per heavy atom. The van der Waals surface area contributed by atoms with Crippen molar-refractivity contribution in [3.8, 4) is 0 Å². The molecule has 4 rings (SSSR count). The van der Waals surface area contributed by atoms with Crippen LogP contribution >= 0.6 is 0 Å². The van der Waals surface area contributed by atoms with E-state index >= 15 is 0 Å². The number of carbonyl (C=O) groups excluding carboxylic acids is 2. The highest BCUT2D eigenvalue weighted by Crippen LogP contribution is 2.45. The number of oxazole rings is 1. The molecule has 0 saturated carbocycles. The van der Waals surface area contributed by atoms with Crippen LogP contribution in [0.4, 0.5) is 11.7 Å². The number of carbonyl (C=O) groups is 2. The van der Waals surface area contributed by atoms with Crippen molar-refractivity contribution in [3.63, 3.8) is 0 Å². The van der Waals surface area contributed by atoms with Crippen LogP contribution in [0.5, 0.6) is 0 Å². The van der Waals surface area contributed by atoms with Gasteiger partial charge in [0.05, 0.1) is 12.0 Å². The van der Waals surface area contributed by atoms with E-state index in [4.69, 9.17) is 9.15 Å². The summed E-state index contributed by atoms with van der Waals surface area (Å²) in [6.45, 7) is 3.30. The fourth-order valence-electron chi connectivity index (χ4n) is 3.66. The number of aromatic nitrogens is 1. The van der Waals surface area contributed by atoms with Crippen LogP contribution in [0.1, 0.15) is 35.8 Å². The number of amides is 1. The number of nitrogens with one attached hydrogen (secondary N) is 1. The Kier molecular flexibility index (Phi) is 3.71. The van der Waals surface area contributed by atoms with E-state index < -0.39 is 11.4 Å². The second-order valence-corrected chi connectivity index (χ2v) is 6.30. The molecule has 1 fully saturated rings. The van der Waals surface area contributed by atoms with Crippen LogP contribution in [-0.4, -0.2) is 36.6 Å². The summed E-state index contributed by atoms with van der Waals surface area (Å²) >= 11 is 0. The van der Waals surface area contributed by atoms with E-state index in [0.29, 0.717) is 38.6 Å². The quantitative estimate of drug-likeness (QED) is 0.863. The van der Waals surface area contributed by atoms with Crippen molar-refractivity contribution in [2.24, 2.45) is 0 Å². The number of piperidine rings is 1. The van der Waals surface area contributed by atoms with Crippen LogP contribution in [0.3, 0.4) is 0 Å². The SMILES string of the molecule is CCOC(=O)c1coc(N2CCC3(CC2)C(=O)Nc2ccccc23)n1. The first kappa shape index (κ1) is 15.7. The lowest BCUT2D eigenvalue weighted by atomic mass is 9.74. The molecule has 0 bridgehead atoms. The lowest BCUT2D eigenvalue weighted by molar-refractivity contribution is -0.121. The Bertz CT molecular complexity index is 821. The predicted molar refractivity (Wildman–Crippen MR) is 90.7 cm³/mol. The maximum absolute atomic E-state index is 12.6. The van der Waals surface area contributed by atoms with Crippen LogP contribution in [0.25, 0.3) is 0 Å². The van der Waals surface area contributed by atoms with Gasteiger partial charge in [0.15, 0.2) is 5.69 Å². The molecule has 1 aromatic carbocycles. The summed E-state index contributed by atoms with van der Waals surface area (Å²) < 4.78 is 10.4. The molecular formula is C18H19N3O4. The number of benzene rings is 1. The van der Waals surface area contributed by atoms with Crippen molar-refractivity contribution in [2.45, 2.75) is 25.2 Å². The lowest BCUT2D eigenvalue weighted by Crippen LogP contribution is -2.46. The van der Waals surface area contributed by atoms with Crippen molar-refractivity contribution in [1.29, 1.82) is 0 Å². The summed E-state index contributed by atoms with van der Waals surface area (Å²) in [6, 6.07) is 8.25. The molecule has 0 aliphatic carbocycles. The molecule has 7 heteroatoms. The second kappa shape index (κ2) is 5.91. The van der Waals surface area contributed by atoms with Gasteiger partial charge >= 0.3 is 5.97 Å². The van der Waals surface area contributed by atoms with Crippen LogP contribution in [-0.2, 0) is 14.9 Å². The van der Waals surface area contributed by atoms with Gasteiger partial charge in [-0.2, -0.15) is 4.98 Å². The number of hydrogen-bond donors (Lipinski definition) is 1. The van der Waals surface area contributed by atoms with Crippen LogP contribution < -0.4 is 10.2 Å². The molecule has 25 heavy (non-hydrogen) atoms. The third-order valence-electron chi connectivity index (χ3n) is 4.99. The first-order valence-corrected chi connectivity index (χ1v) is 8.42. The molecule has 0 unspecified atom stereocenters. The standard InChI is InChI=1S/C18H19N3O4/c1-2-24-15(22)14-11-25-17(20-14)21-9-7-18(8-10-21)12-5-3-4-6-13(12)19-16(18)23/h3-6,11H,2,7-10H2,1H3,(H,19,23). The average molecular weight is 341 g/mol. The van der Waals surface area contributed by atoms with Gasteiger partial charge in [-0.15, -0.1) is 0 Å². The highest BCUT2D eigenvalue weighted by molar-refractivity contribution is 6.06. The number of fused-ring (bicyclic) bond motifs is 2. The van der Waals surface area contributed by atoms with E-state index in [0.717, 1.165) is 11.3 Å². The van der Waals surface area contributed by atoms with E-state index in [2.05, 4.69) is 10.3 Å². The van der Waals surface area contributed by atoms with Crippen molar-refractivity contribution < 1.29 is 18.7 Å². The maximum atomic E-state index is 12.6. The zero-order chi connectivity index (χ0) is 17.4. The van der Waals surface area contributed by atoms with Gasteiger partial charge < -0.3 is 19.4 Å². The number of anilines is 2. The number of ether oxygens (including phenoxy) is 1. The molecule has 130 valence electrons. The van der Waals surface area contributed by atoms with E-state index in [1.807, 2.05) is 29.2 Å². The van der Waals surface area contributed by atoms with Gasteiger partial charge in [-0.1, -0.05) is 18.2 Å². The van der Waals surface area contributed by atoms with Gasteiger partial charge in [-0.05, 0) is 31.4 Å². The molecule has 1 N–H and O–H groups in total. The highest BCUT2D eigenvalue weighted by atomic mass is 16.5. The topological polar surface area (TPSA) is 84.7 Å². The molecule has 0 radical (unpaired) electrons. The number of para-hydroxylation sites is 1. The highest BCUT2D eigenvalue weighted by Gasteiger charge is 2.48. The largest absolute Gasteiger partial charge is 0.461 e. The molecule has 7 nitrogen and oxygen atoms in total. The minimum absolute atomic E-state index is 0.0629. The molecule has 1 spiro atoms. The van der Waals surface area contributed by atoms with Crippen LogP contribution in [0.2, 0.25) is 0 Å². The van der Waals surface area contributed by atoms with E-state index in [1.54, 1.807) is 6.92 Å². The Hall–Kier alpha value is -2.83. The summed E-state index contributed by atoms with van der Waals surface area (Å²) in [6.07, 6.45) is 2.66. The smallest absolute Gasteiger partial charge is 0.360 e. The molecule has 1 saturated heterocycles. The summed E-state index contributed by atoms with van der Waals surface area (Å²) in [5.74, 6) is -0.428. The normalized spacial score (nSPS) is 18.1. The van der Waals surface area contributed by atoms with Gasteiger partial charge in [-0.25, -0.2) is 4.79 Å². The lowest BCUT2D eigenvalue weighted by Gasteiger charge is -2.37. The van der Waals surface area contributed by atoms with Crippen molar-refractivity contribution in [3.05, 3.63) is 41.8 Å². The summed E-state index contributed by atoms with van der Waals surface area (Å²) in [7, 11) is 0. The van der Waals surface area contributed by atoms with Gasteiger partial charge in [0.25, 0.3) is 6.01 Å². The molecule has 0 atom stereocenters. The summed E-state index contributed by atoms with van der Waals surface area (Å²) in [5, 5.41) is 2.99. The Balaban J connectivity index is 1.51. The van der Waals surface area contributed by atoms with Crippen LogP contribution in [0, 0.1) is 0 Å². The molecular weight excluding hydrogens is 322 g/mol. The molecule has 2 aromatic rings. The minimum Gasteiger partial charge on any atom is -0.461 e. The Labute approximate surface area is 145 Å². The first-order chi connectivity index (χ1) is 12.1. The summed E-state index contributed by atoms with van der Waals surface area (Å²) in [5.41, 5.74) is 1.66. The van der Waals surface area contributed by atoms with Crippen molar-refractivity contribution in [1.82, 2.24) is 4.98 Å². The number of rotatable bonds is 3. The zero-order valence-corrected chi connectivity index (χ0v) is 13.9. The second-order valence-electron chi connectivity index (χ2n) is 6.30. The van der Waals surface area contributed by atoms with E-state index in [-0.39, 0.29) is 11.6 Å². The summed E-state index contributed by atoms with van der Waals surface area (Å²) in [4.78, 5) is 30.5. The fraction of sp³-hybridized carbons (Fsp3) is 0.389. The third kappa shape index (κ3) is 2.47. The van der Waals surface area contributed by atoms with Gasteiger partial charge in [-0.3, -0.25) is 4.79 Å². The number of esters is 1. The molecule has 2 aliphatic rings. The number of nitrogens with zero attached hydrogens (tertiary/aromatic N) is 2. The Morgan fingerprint density at radius 3 is 2.88 bits per heavy atom. The molecule has 1 amide bonds. The molecule has 3 heterocycles. The van der Waals surface area contributed by atoms with Crippen molar-refractivity contribution >= 4 is 23.6 Å². The zero-order valence-electron chi connectivity index (χ0n) is 13.9. The Morgan fingerprint density at radius 2 is 2.12 bits per heavy atom. The van der Waals surface area contributed by atoms with E-state index in [1.165, 1.54) is 6.26 Å². The van der Waals surface area contributed by atoms with Crippen molar-refractivity contribution in [2.75, 3.05) is 29.9 Å². The van der Waals surface area contributed by atoms with E-state index in [9.17, 15) is 9.59 Å². The minimum atomic E-state index is -0.491. The fourth-order valence-corrected chi connectivity index (χ4v) is 3.66. The predicted octanol–water partition coefficient (Wildman–Crippen LogP) is 2.34. The van der Waals surface area contributed by atoms with Gasteiger partial charge in [0.1, 0.15) is 6.26 Å². The van der Waals surface area contributed by atoms with Gasteiger partial charge in [0, 0.05) is 18.8 Å². The average Bonchev–Trinajstić information content (AvgIpc) is 3.21. The number of hydrogen-bond acceptors (Lipinski definition) is 6. The monoisotopic (exact) mass is 341 g/mol. The maximum Gasteiger partial charge on any atom is 0.360 e. The first-order valence-electron chi connectivity index (χ1n) is 8.42. The molecule has 1 aromatic heterocycles. The van der Waals surface area contributed by atoms with Gasteiger partial charge in [0.2, 0.25) is 5.91 Å².